The van der Waals surface area contributed by atoms with Crippen LogP contribution in [-0.4, -0.2) is 24.0 Å². The van der Waals surface area contributed by atoms with E-state index in [1.807, 2.05) is 18.2 Å². The lowest BCUT2D eigenvalue weighted by molar-refractivity contribution is 0.0945. The van der Waals surface area contributed by atoms with Gasteiger partial charge in [-0.1, -0.05) is 30.3 Å². The van der Waals surface area contributed by atoms with E-state index in [1.54, 1.807) is 6.07 Å². The Hall–Kier alpha value is -2.92. The molecule has 2 aromatic carbocycles. The summed E-state index contributed by atoms with van der Waals surface area (Å²) < 4.78 is 11.4. The van der Waals surface area contributed by atoms with E-state index in [2.05, 4.69) is 29.2 Å². The molecule has 0 saturated carbocycles. The number of nitrogens with zero attached hydrogens (tertiary/aromatic N) is 1. The van der Waals surface area contributed by atoms with Gasteiger partial charge < -0.3 is 9.15 Å². The molecule has 4 rings (SSSR count). The van der Waals surface area contributed by atoms with E-state index in [1.165, 1.54) is 12.5 Å². The highest BCUT2D eigenvalue weighted by Crippen LogP contribution is 2.32. The molecule has 0 saturated heterocycles. The summed E-state index contributed by atoms with van der Waals surface area (Å²) in [7, 11) is 0. The van der Waals surface area contributed by atoms with Crippen molar-refractivity contribution in [1.29, 1.82) is 0 Å². The zero-order chi connectivity index (χ0) is 18.8. The Kier molecular flexibility index (Phi) is 4.77. The third-order valence-corrected chi connectivity index (χ3v) is 4.91. The highest BCUT2D eigenvalue weighted by Gasteiger charge is 2.22. The summed E-state index contributed by atoms with van der Waals surface area (Å²) in [4.78, 5) is 25.9. The Labute approximate surface area is 157 Å². The van der Waals surface area contributed by atoms with Gasteiger partial charge >= 0.3 is 5.63 Å². The molecule has 0 atom stereocenters. The summed E-state index contributed by atoms with van der Waals surface area (Å²) in [6, 6.07) is 15.7. The number of rotatable bonds is 5. The first-order valence-corrected chi connectivity index (χ1v) is 9.11. The van der Waals surface area contributed by atoms with Gasteiger partial charge in [-0.25, -0.2) is 4.79 Å². The van der Waals surface area contributed by atoms with Crippen LogP contribution in [0.1, 0.15) is 34.8 Å². The second kappa shape index (κ2) is 7.37. The quantitative estimate of drug-likeness (QED) is 0.510. The summed E-state index contributed by atoms with van der Waals surface area (Å²) in [5, 5.41) is 0.744. The van der Waals surface area contributed by atoms with Crippen LogP contribution < -0.4 is 10.4 Å². The fourth-order valence-electron chi connectivity index (χ4n) is 3.48. The number of fused-ring (bicyclic) bond motifs is 3. The van der Waals surface area contributed by atoms with Gasteiger partial charge in [0.2, 0.25) is 0 Å². The molecule has 1 aromatic heterocycles. The molecule has 5 nitrogen and oxygen atoms in total. The van der Waals surface area contributed by atoms with E-state index >= 15 is 0 Å². The molecule has 1 aliphatic heterocycles. The number of ketones is 1. The van der Waals surface area contributed by atoms with Gasteiger partial charge in [0.05, 0.1) is 5.56 Å². The Morgan fingerprint density at radius 2 is 1.96 bits per heavy atom. The maximum Gasteiger partial charge on any atom is 0.347 e. The second-order valence-electron chi connectivity index (χ2n) is 6.88. The fraction of sp³-hybridized carbons (Fsp3) is 0.273. The molecular weight excluding hydrogens is 342 g/mol. The number of ether oxygens (including phenoxy) is 1. The SMILES string of the molecule is CC(=O)c1cc2ccc3c(c2oc1=O)CN(CCCc1ccccc1)CO3. The molecule has 0 spiro atoms. The van der Waals surface area contributed by atoms with Crippen molar-refractivity contribution in [3.8, 4) is 5.75 Å². The van der Waals surface area contributed by atoms with Crippen LogP contribution in [0.25, 0.3) is 11.0 Å². The topological polar surface area (TPSA) is 59.8 Å². The Morgan fingerprint density at radius 1 is 1.15 bits per heavy atom. The first-order valence-electron chi connectivity index (χ1n) is 9.11. The molecular formula is C22H21NO4. The summed E-state index contributed by atoms with van der Waals surface area (Å²) in [6.07, 6.45) is 2.03. The first kappa shape index (κ1) is 17.5. The molecule has 0 amide bonds. The number of aryl methyl sites for hydroxylation is 1. The number of benzene rings is 2. The highest BCUT2D eigenvalue weighted by molar-refractivity contribution is 5.97. The molecule has 0 N–H and O–H groups in total. The number of Topliss-reactive ketones (excluding diaryl/α,β-unsaturated/α-hetero) is 1. The molecule has 138 valence electrons. The van der Waals surface area contributed by atoms with Gasteiger partial charge in [-0.05, 0) is 43.5 Å². The minimum absolute atomic E-state index is 0.0823. The molecule has 0 radical (unpaired) electrons. The van der Waals surface area contributed by atoms with Crippen molar-refractivity contribution in [2.75, 3.05) is 13.3 Å². The first-order chi connectivity index (χ1) is 13.1. The van der Waals surface area contributed by atoms with Crippen molar-refractivity contribution in [3.63, 3.8) is 0 Å². The summed E-state index contributed by atoms with van der Waals surface area (Å²) in [5.74, 6) is 0.447. The third-order valence-electron chi connectivity index (χ3n) is 4.91. The molecule has 0 unspecified atom stereocenters. The van der Waals surface area contributed by atoms with E-state index in [0.717, 1.165) is 36.1 Å². The predicted molar refractivity (Wildman–Crippen MR) is 103 cm³/mol. The van der Waals surface area contributed by atoms with Crippen molar-refractivity contribution in [3.05, 3.63) is 75.6 Å². The zero-order valence-corrected chi connectivity index (χ0v) is 15.2. The van der Waals surface area contributed by atoms with Crippen molar-refractivity contribution < 1.29 is 13.9 Å². The largest absolute Gasteiger partial charge is 0.478 e. The number of hydrogen-bond donors (Lipinski definition) is 0. The normalized spacial score (nSPS) is 14.0. The van der Waals surface area contributed by atoms with Gasteiger partial charge in [-0.15, -0.1) is 0 Å². The number of hydrogen-bond acceptors (Lipinski definition) is 5. The van der Waals surface area contributed by atoms with Crippen LogP contribution in [0.15, 0.2) is 57.7 Å². The van der Waals surface area contributed by atoms with Gasteiger partial charge in [0.1, 0.15) is 23.6 Å². The minimum Gasteiger partial charge on any atom is -0.478 e. The fourth-order valence-corrected chi connectivity index (χ4v) is 3.48. The van der Waals surface area contributed by atoms with E-state index in [0.29, 0.717) is 18.9 Å². The number of carbonyl (C=O) groups excluding carboxylic acids is 1. The Morgan fingerprint density at radius 3 is 2.74 bits per heavy atom. The van der Waals surface area contributed by atoms with Gasteiger partial charge in [0, 0.05) is 18.5 Å². The Balaban J connectivity index is 1.54. The number of carbonyl (C=O) groups is 1. The van der Waals surface area contributed by atoms with E-state index in [4.69, 9.17) is 9.15 Å². The molecule has 27 heavy (non-hydrogen) atoms. The molecule has 1 aliphatic rings. The Bertz CT molecular complexity index is 1040. The minimum atomic E-state index is -0.593. The molecule has 3 aromatic rings. The maximum atomic E-state index is 12.1. The van der Waals surface area contributed by atoms with Crippen LogP contribution in [0.5, 0.6) is 5.75 Å². The van der Waals surface area contributed by atoms with E-state index in [-0.39, 0.29) is 11.3 Å². The maximum absolute atomic E-state index is 12.1. The van der Waals surface area contributed by atoms with Crippen LogP contribution in [-0.2, 0) is 13.0 Å². The van der Waals surface area contributed by atoms with Crippen molar-refractivity contribution in [2.24, 2.45) is 0 Å². The van der Waals surface area contributed by atoms with Crippen LogP contribution in [0.2, 0.25) is 0 Å². The molecule has 0 fully saturated rings. The zero-order valence-electron chi connectivity index (χ0n) is 15.2. The van der Waals surface area contributed by atoms with Gasteiger partial charge in [-0.2, -0.15) is 0 Å². The second-order valence-corrected chi connectivity index (χ2v) is 6.88. The molecule has 5 heteroatoms. The van der Waals surface area contributed by atoms with Crippen molar-refractivity contribution in [2.45, 2.75) is 26.3 Å². The third kappa shape index (κ3) is 3.64. The summed E-state index contributed by atoms with van der Waals surface area (Å²) in [6.45, 7) is 3.43. The average molecular weight is 363 g/mol. The monoisotopic (exact) mass is 363 g/mol. The molecule has 2 heterocycles. The highest BCUT2D eigenvalue weighted by atomic mass is 16.5. The predicted octanol–water partition coefficient (Wildman–Crippen LogP) is 3.78. The van der Waals surface area contributed by atoms with Crippen LogP contribution in [0.3, 0.4) is 0 Å². The lowest BCUT2D eigenvalue weighted by Crippen LogP contribution is -2.33. The molecule has 0 aliphatic carbocycles. The van der Waals surface area contributed by atoms with Crippen molar-refractivity contribution in [1.82, 2.24) is 4.90 Å². The van der Waals surface area contributed by atoms with Crippen LogP contribution >= 0.6 is 0 Å². The van der Waals surface area contributed by atoms with Crippen LogP contribution in [0, 0.1) is 0 Å². The van der Waals surface area contributed by atoms with Gasteiger partial charge in [0.25, 0.3) is 0 Å². The van der Waals surface area contributed by atoms with Gasteiger partial charge in [-0.3, -0.25) is 9.69 Å². The lowest BCUT2D eigenvalue weighted by Gasteiger charge is -2.29. The van der Waals surface area contributed by atoms with Gasteiger partial charge in [0.15, 0.2) is 5.78 Å². The van der Waals surface area contributed by atoms with E-state index in [9.17, 15) is 9.59 Å². The molecule has 0 bridgehead atoms. The summed E-state index contributed by atoms with van der Waals surface area (Å²) in [5.41, 5.74) is 2.19. The van der Waals surface area contributed by atoms with Crippen LogP contribution in [0.4, 0.5) is 0 Å². The summed E-state index contributed by atoms with van der Waals surface area (Å²) >= 11 is 0. The van der Waals surface area contributed by atoms with Crippen molar-refractivity contribution >= 4 is 16.8 Å². The lowest BCUT2D eigenvalue weighted by atomic mass is 10.1. The smallest absolute Gasteiger partial charge is 0.347 e. The average Bonchev–Trinajstić information content (AvgIpc) is 2.68. The standard InChI is InChI=1S/C22H21NO4/c1-15(24)18-12-17-9-10-20-19(21(17)27-22(18)25)13-23(14-26-20)11-5-8-16-6-3-2-4-7-16/h2-4,6-7,9-10,12H,5,8,11,13-14H2,1H3. The van der Waals surface area contributed by atoms with E-state index < -0.39 is 5.63 Å².